The van der Waals surface area contributed by atoms with E-state index in [-0.39, 0.29) is 18.1 Å². The van der Waals surface area contributed by atoms with E-state index in [2.05, 4.69) is 5.32 Å². The van der Waals surface area contributed by atoms with Crippen LogP contribution in [-0.4, -0.2) is 49.9 Å². The number of sulfonamides is 1. The Bertz CT molecular complexity index is 622. The van der Waals surface area contributed by atoms with Crippen LogP contribution < -0.4 is 5.32 Å². The minimum Gasteiger partial charge on any atom is -0.444 e. The number of aliphatic hydroxyl groups excluding tert-OH is 1. The van der Waals surface area contributed by atoms with E-state index in [1.807, 2.05) is 0 Å². The van der Waals surface area contributed by atoms with Crippen LogP contribution in [0.1, 0.15) is 20.8 Å². The molecule has 0 aliphatic rings. The van der Waals surface area contributed by atoms with Gasteiger partial charge < -0.3 is 9.84 Å². The van der Waals surface area contributed by atoms with Gasteiger partial charge in [0.15, 0.2) is 0 Å². The zero-order valence-electron chi connectivity index (χ0n) is 13.6. The molecule has 0 atom stereocenters. The van der Waals surface area contributed by atoms with Gasteiger partial charge >= 0.3 is 6.09 Å². The van der Waals surface area contributed by atoms with Crippen LogP contribution in [0.2, 0.25) is 0 Å². The molecule has 130 valence electrons. The molecule has 1 aromatic rings. The molecule has 0 saturated carbocycles. The smallest absolute Gasteiger partial charge is 0.412 e. The second kappa shape index (κ2) is 7.73. The van der Waals surface area contributed by atoms with Gasteiger partial charge in [0.2, 0.25) is 0 Å². The van der Waals surface area contributed by atoms with Crippen molar-refractivity contribution in [2.24, 2.45) is 0 Å². The van der Waals surface area contributed by atoms with Crippen molar-refractivity contribution < 1.29 is 27.9 Å². The Labute approximate surface area is 136 Å². The Morgan fingerprint density at radius 2 is 1.83 bits per heavy atom. The topological polar surface area (TPSA) is 105 Å². The van der Waals surface area contributed by atoms with Gasteiger partial charge in [-0.1, -0.05) is 4.47 Å². The van der Waals surface area contributed by atoms with E-state index in [9.17, 15) is 13.2 Å². The molecule has 23 heavy (non-hydrogen) atoms. The van der Waals surface area contributed by atoms with Crippen LogP contribution in [0.3, 0.4) is 0 Å². The first kappa shape index (κ1) is 19.4. The lowest BCUT2D eigenvalue weighted by Crippen LogP contribution is -2.28. The monoisotopic (exact) mass is 346 g/mol. The maximum Gasteiger partial charge on any atom is 0.412 e. The van der Waals surface area contributed by atoms with Gasteiger partial charge in [-0.05, 0) is 45.0 Å². The second-order valence-corrected chi connectivity index (χ2v) is 7.56. The van der Waals surface area contributed by atoms with Crippen LogP contribution in [0.4, 0.5) is 10.5 Å². The number of hydrogen-bond acceptors (Lipinski definition) is 6. The third-order valence-corrected chi connectivity index (χ3v) is 4.15. The minimum atomic E-state index is -3.83. The number of anilines is 1. The molecule has 0 unspecified atom stereocenters. The van der Waals surface area contributed by atoms with Crippen LogP contribution in [0.15, 0.2) is 29.2 Å². The summed E-state index contributed by atoms with van der Waals surface area (Å²) in [6.07, 6.45) is -0.628. The Hall–Kier alpha value is -1.68. The van der Waals surface area contributed by atoms with Crippen LogP contribution in [0.25, 0.3) is 0 Å². The highest BCUT2D eigenvalue weighted by Crippen LogP contribution is 2.18. The van der Waals surface area contributed by atoms with Gasteiger partial charge in [-0.3, -0.25) is 10.2 Å². The SMILES string of the molecule is CN(OCCO)S(=O)(=O)c1ccc(NC(=O)OC(C)(C)C)cc1. The number of carbonyl (C=O) groups is 1. The van der Waals surface area contributed by atoms with Crippen molar-refractivity contribution in [3.63, 3.8) is 0 Å². The van der Waals surface area contributed by atoms with Crippen molar-refractivity contribution in [1.82, 2.24) is 4.47 Å². The first-order valence-electron chi connectivity index (χ1n) is 6.89. The van der Waals surface area contributed by atoms with Crippen molar-refractivity contribution in [1.29, 1.82) is 0 Å². The number of carbonyl (C=O) groups excluding carboxylic acids is 1. The molecular weight excluding hydrogens is 324 g/mol. The fraction of sp³-hybridized carbons (Fsp3) is 0.500. The Morgan fingerprint density at radius 1 is 1.26 bits per heavy atom. The third-order valence-electron chi connectivity index (χ3n) is 2.50. The fourth-order valence-corrected chi connectivity index (χ4v) is 2.51. The van der Waals surface area contributed by atoms with E-state index in [1.54, 1.807) is 20.8 Å². The minimum absolute atomic E-state index is 0.00678. The van der Waals surface area contributed by atoms with Crippen LogP contribution in [0, 0.1) is 0 Å². The standard InChI is InChI=1S/C14H22N2O6S/c1-14(2,3)22-13(18)15-11-5-7-12(8-6-11)23(19,20)16(4)21-10-9-17/h5-8,17H,9-10H2,1-4H3,(H,15,18). The van der Waals surface area contributed by atoms with Crippen molar-refractivity contribution in [3.8, 4) is 0 Å². The highest BCUT2D eigenvalue weighted by atomic mass is 32.2. The lowest BCUT2D eigenvalue weighted by atomic mass is 10.2. The number of amides is 1. The largest absolute Gasteiger partial charge is 0.444 e. The van der Waals surface area contributed by atoms with Crippen LogP contribution >= 0.6 is 0 Å². The second-order valence-electron chi connectivity index (χ2n) is 5.62. The average Bonchev–Trinajstić information content (AvgIpc) is 2.43. The molecule has 0 aliphatic carbocycles. The summed E-state index contributed by atoms with van der Waals surface area (Å²) in [4.78, 5) is 16.5. The molecule has 1 aromatic carbocycles. The first-order chi connectivity index (χ1) is 10.6. The summed E-state index contributed by atoms with van der Waals surface area (Å²) in [7, 11) is -2.60. The van der Waals surface area contributed by atoms with Crippen molar-refractivity contribution in [2.45, 2.75) is 31.3 Å². The van der Waals surface area contributed by atoms with Gasteiger partial charge in [-0.2, -0.15) is 0 Å². The van der Waals surface area contributed by atoms with E-state index in [1.165, 1.54) is 31.3 Å². The Balaban J connectivity index is 2.78. The molecule has 0 fully saturated rings. The molecule has 0 bridgehead atoms. The molecule has 0 saturated heterocycles. The normalized spacial score (nSPS) is 12.3. The summed E-state index contributed by atoms with van der Waals surface area (Å²) in [5, 5.41) is 11.2. The van der Waals surface area contributed by atoms with Gasteiger partial charge in [0, 0.05) is 12.7 Å². The van der Waals surface area contributed by atoms with E-state index in [4.69, 9.17) is 14.7 Å². The molecule has 0 radical (unpaired) electrons. The van der Waals surface area contributed by atoms with Gasteiger partial charge in [0.25, 0.3) is 10.0 Å². The number of ether oxygens (including phenoxy) is 1. The average molecular weight is 346 g/mol. The highest BCUT2D eigenvalue weighted by molar-refractivity contribution is 7.89. The van der Waals surface area contributed by atoms with Crippen molar-refractivity contribution in [2.75, 3.05) is 25.6 Å². The van der Waals surface area contributed by atoms with E-state index < -0.39 is 21.7 Å². The van der Waals surface area contributed by atoms with E-state index >= 15 is 0 Å². The number of hydroxylamine groups is 1. The zero-order valence-corrected chi connectivity index (χ0v) is 14.4. The van der Waals surface area contributed by atoms with Gasteiger partial charge in [0.05, 0.1) is 18.1 Å². The maximum atomic E-state index is 12.2. The van der Waals surface area contributed by atoms with Gasteiger partial charge in [-0.25, -0.2) is 13.2 Å². The van der Waals surface area contributed by atoms with Gasteiger partial charge in [-0.15, -0.1) is 0 Å². The summed E-state index contributed by atoms with van der Waals surface area (Å²) in [5.74, 6) is 0. The molecule has 0 heterocycles. The summed E-state index contributed by atoms with van der Waals surface area (Å²) < 4.78 is 30.1. The molecule has 8 nitrogen and oxygen atoms in total. The summed E-state index contributed by atoms with van der Waals surface area (Å²) in [6, 6.07) is 5.55. The van der Waals surface area contributed by atoms with Crippen LogP contribution in [-0.2, 0) is 19.6 Å². The predicted octanol–water partition coefficient (Wildman–Crippen LogP) is 1.58. The number of rotatable bonds is 6. The molecule has 1 rings (SSSR count). The summed E-state index contributed by atoms with van der Waals surface area (Å²) in [6.45, 7) is 4.80. The molecule has 0 aliphatic heterocycles. The highest BCUT2D eigenvalue weighted by Gasteiger charge is 2.22. The van der Waals surface area contributed by atoms with Gasteiger partial charge in [0.1, 0.15) is 5.60 Å². The maximum absolute atomic E-state index is 12.2. The zero-order chi connectivity index (χ0) is 17.7. The Morgan fingerprint density at radius 3 is 2.30 bits per heavy atom. The molecule has 1 amide bonds. The number of hydrogen-bond donors (Lipinski definition) is 2. The number of nitrogens with one attached hydrogen (secondary N) is 1. The lowest BCUT2D eigenvalue weighted by molar-refractivity contribution is -0.0770. The van der Waals surface area contributed by atoms with Crippen molar-refractivity contribution >= 4 is 21.8 Å². The van der Waals surface area contributed by atoms with Crippen LogP contribution in [0.5, 0.6) is 0 Å². The quantitative estimate of drug-likeness (QED) is 0.758. The molecule has 2 N–H and O–H groups in total. The summed E-state index contributed by atoms with van der Waals surface area (Å²) >= 11 is 0. The molecule has 9 heteroatoms. The summed E-state index contributed by atoms with van der Waals surface area (Å²) in [5.41, 5.74) is -0.225. The van der Waals surface area contributed by atoms with E-state index in [0.29, 0.717) is 10.2 Å². The first-order valence-corrected chi connectivity index (χ1v) is 8.33. The number of nitrogens with zero attached hydrogens (tertiary/aromatic N) is 1. The molecule has 0 spiro atoms. The fourth-order valence-electron chi connectivity index (χ4n) is 1.52. The molecule has 0 aromatic heterocycles. The number of benzene rings is 1. The lowest BCUT2D eigenvalue weighted by Gasteiger charge is -2.20. The number of aliphatic hydroxyl groups is 1. The van der Waals surface area contributed by atoms with Crippen molar-refractivity contribution in [3.05, 3.63) is 24.3 Å². The molecular formula is C14H22N2O6S. The van der Waals surface area contributed by atoms with E-state index in [0.717, 1.165) is 0 Å². The Kier molecular flexibility index (Phi) is 6.51. The predicted molar refractivity (Wildman–Crippen MR) is 84.3 cm³/mol. The third kappa shape index (κ3) is 6.14.